The van der Waals surface area contributed by atoms with E-state index < -0.39 is 0 Å². The zero-order valence-corrected chi connectivity index (χ0v) is 11.5. The van der Waals surface area contributed by atoms with Gasteiger partial charge in [-0.15, -0.1) is 0 Å². The summed E-state index contributed by atoms with van der Waals surface area (Å²) in [6.45, 7) is 2.16. The molecule has 2 rings (SSSR count). The first kappa shape index (κ1) is 13.9. The third-order valence-electron chi connectivity index (χ3n) is 4.40. The molecule has 1 aliphatic heterocycles. The Balaban J connectivity index is 1.77. The predicted molar refractivity (Wildman–Crippen MR) is 74.5 cm³/mol. The molecule has 3 heteroatoms. The molecule has 1 saturated carbocycles. The largest absolute Gasteiger partial charge is 0.353 e. The van der Waals surface area contributed by atoms with Gasteiger partial charge in [-0.1, -0.05) is 32.1 Å². The van der Waals surface area contributed by atoms with Crippen molar-refractivity contribution in [3.8, 4) is 0 Å². The van der Waals surface area contributed by atoms with Crippen LogP contribution in [0.2, 0.25) is 0 Å². The molecule has 3 nitrogen and oxygen atoms in total. The fourth-order valence-electron chi connectivity index (χ4n) is 3.20. The lowest BCUT2D eigenvalue weighted by atomic mass is 9.90. The number of nitrogens with one attached hydrogen (secondary N) is 2. The number of carbonyl (C=O) groups excluding carboxylic acids is 1. The molecule has 1 aliphatic carbocycles. The molecule has 1 amide bonds. The van der Waals surface area contributed by atoms with Crippen LogP contribution in [0.1, 0.15) is 64.2 Å². The van der Waals surface area contributed by atoms with Gasteiger partial charge in [0.15, 0.2) is 0 Å². The number of carbonyl (C=O) groups is 1. The topological polar surface area (TPSA) is 41.1 Å². The van der Waals surface area contributed by atoms with Crippen LogP contribution in [0.3, 0.4) is 0 Å². The lowest BCUT2D eigenvalue weighted by Crippen LogP contribution is -2.39. The van der Waals surface area contributed by atoms with Gasteiger partial charge in [-0.05, 0) is 45.2 Å². The second-order valence-corrected chi connectivity index (χ2v) is 5.93. The van der Waals surface area contributed by atoms with E-state index in [4.69, 9.17) is 0 Å². The highest BCUT2D eigenvalue weighted by Gasteiger charge is 2.22. The van der Waals surface area contributed by atoms with Gasteiger partial charge in [0.25, 0.3) is 0 Å². The molecular formula is C15H28N2O. The molecule has 1 saturated heterocycles. The molecule has 0 aromatic heterocycles. The van der Waals surface area contributed by atoms with Gasteiger partial charge >= 0.3 is 0 Å². The van der Waals surface area contributed by atoms with Gasteiger partial charge in [-0.25, -0.2) is 0 Å². The minimum absolute atomic E-state index is 0.293. The minimum atomic E-state index is 0.293. The molecule has 1 atom stereocenters. The molecule has 1 heterocycles. The zero-order valence-electron chi connectivity index (χ0n) is 11.5. The number of amides is 1. The van der Waals surface area contributed by atoms with Gasteiger partial charge in [-0.3, -0.25) is 4.79 Å². The van der Waals surface area contributed by atoms with Gasteiger partial charge in [-0.2, -0.15) is 0 Å². The van der Waals surface area contributed by atoms with Crippen LogP contribution < -0.4 is 10.6 Å². The van der Waals surface area contributed by atoms with Crippen molar-refractivity contribution in [2.75, 3.05) is 13.1 Å². The summed E-state index contributed by atoms with van der Waals surface area (Å²) in [6.07, 6.45) is 12.1. The van der Waals surface area contributed by atoms with Crippen molar-refractivity contribution >= 4 is 5.91 Å². The summed E-state index contributed by atoms with van der Waals surface area (Å²) < 4.78 is 0. The summed E-state index contributed by atoms with van der Waals surface area (Å²) in [4.78, 5) is 12.3. The minimum Gasteiger partial charge on any atom is -0.353 e. The first-order valence-electron chi connectivity index (χ1n) is 7.87. The summed E-state index contributed by atoms with van der Waals surface area (Å²) >= 11 is 0. The van der Waals surface area contributed by atoms with E-state index in [-0.39, 0.29) is 0 Å². The van der Waals surface area contributed by atoms with Crippen LogP contribution in [0.25, 0.3) is 0 Å². The third-order valence-corrected chi connectivity index (χ3v) is 4.40. The quantitative estimate of drug-likeness (QED) is 0.793. The van der Waals surface area contributed by atoms with E-state index >= 15 is 0 Å². The van der Waals surface area contributed by atoms with E-state index in [0.717, 1.165) is 38.8 Å². The standard InChI is InChI=1S/C15H28N2O/c18-15(13-7-4-2-1-3-5-8-13)17-14-9-6-11-16-12-10-14/h13-14,16H,1-12H2,(H,17,18). The Morgan fingerprint density at radius 1 is 0.833 bits per heavy atom. The summed E-state index contributed by atoms with van der Waals surface area (Å²) in [5.74, 6) is 0.630. The SMILES string of the molecule is O=C(NC1CCCNCC1)C1CCCCCCC1. The predicted octanol–water partition coefficient (Wildman–Crippen LogP) is 2.61. The van der Waals surface area contributed by atoms with Crippen molar-refractivity contribution in [3.63, 3.8) is 0 Å². The monoisotopic (exact) mass is 252 g/mol. The third kappa shape index (κ3) is 4.60. The van der Waals surface area contributed by atoms with Crippen LogP contribution in [0, 0.1) is 5.92 Å². The summed E-state index contributed by atoms with van der Waals surface area (Å²) in [5, 5.41) is 6.69. The first-order chi connectivity index (χ1) is 8.86. The highest BCUT2D eigenvalue weighted by atomic mass is 16.1. The van der Waals surface area contributed by atoms with Crippen LogP contribution in [0.4, 0.5) is 0 Å². The molecule has 2 aliphatic rings. The average molecular weight is 252 g/mol. The van der Waals surface area contributed by atoms with Crippen molar-refractivity contribution in [1.29, 1.82) is 0 Å². The Kier molecular flexibility index (Phi) is 5.98. The number of hydrogen-bond acceptors (Lipinski definition) is 2. The maximum Gasteiger partial charge on any atom is 0.223 e. The van der Waals surface area contributed by atoms with Crippen LogP contribution >= 0.6 is 0 Å². The van der Waals surface area contributed by atoms with E-state index in [1.807, 2.05) is 0 Å². The normalized spacial score (nSPS) is 27.9. The highest BCUT2D eigenvalue weighted by Crippen LogP contribution is 2.22. The van der Waals surface area contributed by atoms with E-state index in [0.29, 0.717) is 17.9 Å². The van der Waals surface area contributed by atoms with Crippen LogP contribution in [-0.2, 0) is 4.79 Å². The Hall–Kier alpha value is -0.570. The molecule has 0 radical (unpaired) electrons. The fourth-order valence-corrected chi connectivity index (χ4v) is 3.20. The van der Waals surface area contributed by atoms with Gasteiger partial charge < -0.3 is 10.6 Å². The maximum absolute atomic E-state index is 12.3. The average Bonchev–Trinajstić information content (AvgIpc) is 2.57. The Bertz CT molecular complexity index is 239. The molecule has 0 aromatic rings. The van der Waals surface area contributed by atoms with Crippen molar-refractivity contribution in [2.24, 2.45) is 5.92 Å². The van der Waals surface area contributed by atoms with Crippen molar-refractivity contribution in [3.05, 3.63) is 0 Å². The van der Waals surface area contributed by atoms with Crippen molar-refractivity contribution < 1.29 is 4.79 Å². The highest BCUT2D eigenvalue weighted by molar-refractivity contribution is 5.78. The molecule has 0 bridgehead atoms. The summed E-state index contributed by atoms with van der Waals surface area (Å²) in [6, 6.07) is 0.415. The van der Waals surface area contributed by atoms with Gasteiger partial charge in [0.2, 0.25) is 5.91 Å². The first-order valence-corrected chi connectivity index (χ1v) is 7.87. The molecule has 104 valence electrons. The van der Waals surface area contributed by atoms with E-state index in [1.54, 1.807) is 0 Å². The Morgan fingerprint density at radius 2 is 1.56 bits per heavy atom. The van der Waals surface area contributed by atoms with Crippen LogP contribution in [0.5, 0.6) is 0 Å². The smallest absolute Gasteiger partial charge is 0.223 e. The van der Waals surface area contributed by atoms with Gasteiger partial charge in [0.05, 0.1) is 0 Å². The summed E-state index contributed by atoms with van der Waals surface area (Å²) in [5.41, 5.74) is 0. The van der Waals surface area contributed by atoms with E-state index in [9.17, 15) is 4.79 Å². The fraction of sp³-hybridized carbons (Fsp3) is 0.933. The van der Waals surface area contributed by atoms with Crippen LogP contribution in [0.15, 0.2) is 0 Å². The lowest BCUT2D eigenvalue weighted by molar-refractivity contribution is -0.126. The molecule has 2 fully saturated rings. The molecular weight excluding hydrogens is 224 g/mol. The van der Waals surface area contributed by atoms with Crippen LogP contribution in [-0.4, -0.2) is 25.0 Å². The van der Waals surface area contributed by atoms with Crippen molar-refractivity contribution in [1.82, 2.24) is 10.6 Å². The zero-order chi connectivity index (χ0) is 12.6. The van der Waals surface area contributed by atoms with Gasteiger partial charge in [0, 0.05) is 12.0 Å². The lowest BCUT2D eigenvalue weighted by Gasteiger charge is -2.23. The Morgan fingerprint density at radius 3 is 2.33 bits per heavy atom. The van der Waals surface area contributed by atoms with E-state index in [1.165, 1.54) is 38.5 Å². The summed E-state index contributed by atoms with van der Waals surface area (Å²) in [7, 11) is 0. The van der Waals surface area contributed by atoms with E-state index in [2.05, 4.69) is 10.6 Å². The van der Waals surface area contributed by atoms with Crippen molar-refractivity contribution in [2.45, 2.75) is 70.3 Å². The number of rotatable bonds is 2. The maximum atomic E-state index is 12.3. The molecule has 0 aromatic carbocycles. The molecule has 0 spiro atoms. The number of hydrogen-bond donors (Lipinski definition) is 2. The molecule has 18 heavy (non-hydrogen) atoms. The Labute approximate surface area is 111 Å². The molecule has 1 unspecified atom stereocenters. The second kappa shape index (κ2) is 7.78. The molecule has 2 N–H and O–H groups in total. The van der Waals surface area contributed by atoms with Gasteiger partial charge in [0.1, 0.15) is 0 Å². The second-order valence-electron chi connectivity index (χ2n) is 5.93.